The summed E-state index contributed by atoms with van der Waals surface area (Å²) in [6, 6.07) is 6.26. The maximum atomic E-state index is 12.1. The second-order valence-electron chi connectivity index (χ2n) is 4.94. The number of nitrogens with two attached hydrogens (primary N) is 1. The highest BCUT2D eigenvalue weighted by molar-refractivity contribution is 5.85. The van der Waals surface area contributed by atoms with Crippen LogP contribution in [0.4, 0.5) is 5.69 Å². The van der Waals surface area contributed by atoms with E-state index in [1.165, 1.54) is 12.1 Å². The molecule has 1 unspecified atom stereocenters. The number of carbonyl (C=O) groups is 1. The molecule has 2 rings (SSSR count). The second-order valence-corrected chi connectivity index (χ2v) is 4.94. The Bertz CT molecular complexity index is 527. The standard InChI is InChI=1S/C14H19N3O4.ClH/c15-10-11-4-3-8-16(11)14(18)7-9-21-13-6-2-1-5-12(13)17(19)20;/h1-2,5-6,11H,3-4,7-10,15H2;1H. The van der Waals surface area contributed by atoms with Crippen LogP contribution < -0.4 is 10.5 Å². The van der Waals surface area contributed by atoms with E-state index in [1.54, 1.807) is 17.0 Å². The van der Waals surface area contributed by atoms with Gasteiger partial charge in [-0.3, -0.25) is 14.9 Å². The average molecular weight is 330 g/mol. The lowest BCUT2D eigenvalue weighted by atomic mass is 10.2. The third-order valence-corrected chi connectivity index (χ3v) is 3.61. The van der Waals surface area contributed by atoms with Gasteiger partial charge in [0.1, 0.15) is 0 Å². The van der Waals surface area contributed by atoms with Crippen molar-refractivity contribution in [3.8, 4) is 5.75 Å². The predicted octanol–water partition coefficient (Wildman–Crippen LogP) is 1.74. The molecule has 1 aromatic carbocycles. The van der Waals surface area contributed by atoms with Gasteiger partial charge in [-0.05, 0) is 18.9 Å². The Labute approximate surface area is 135 Å². The largest absolute Gasteiger partial charge is 0.486 e. The molecule has 1 aromatic rings. The van der Waals surface area contributed by atoms with Crippen LogP contribution in [0.2, 0.25) is 0 Å². The second kappa shape index (κ2) is 8.55. The van der Waals surface area contributed by atoms with Gasteiger partial charge in [0.2, 0.25) is 5.91 Å². The Morgan fingerprint density at radius 2 is 2.18 bits per heavy atom. The summed E-state index contributed by atoms with van der Waals surface area (Å²) >= 11 is 0. The van der Waals surface area contributed by atoms with Gasteiger partial charge >= 0.3 is 5.69 Å². The van der Waals surface area contributed by atoms with Crippen LogP contribution in [0.25, 0.3) is 0 Å². The number of rotatable bonds is 6. The zero-order valence-corrected chi connectivity index (χ0v) is 13.0. The van der Waals surface area contributed by atoms with Crippen LogP contribution in [0.3, 0.4) is 0 Å². The molecule has 1 saturated heterocycles. The van der Waals surface area contributed by atoms with Crippen molar-refractivity contribution >= 4 is 24.0 Å². The monoisotopic (exact) mass is 329 g/mol. The number of benzene rings is 1. The van der Waals surface area contributed by atoms with Crippen molar-refractivity contribution in [2.75, 3.05) is 19.7 Å². The molecule has 0 aromatic heterocycles. The van der Waals surface area contributed by atoms with Crippen LogP contribution in [0, 0.1) is 10.1 Å². The lowest BCUT2D eigenvalue weighted by Gasteiger charge is -2.23. The van der Waals surface area contributed by atoms with Crippen molar-refractivity contribution in [3.63, 3.8) is 0 Å². The van der Waals surface area contributed by atoms with E-state index in [0.29, 0.717) is 6.54 Å². The summed E-state index contributed by atoms with van der Waals surface area (Å²) in [5.74, 6) is 0.175. The van der Waals surface area contributed by atoms with Crippen molar-refractivity contribution in [2.45, 2.75) is 25.3 Å². The number of para-hydroxylation sites is 2. The van der Waals surface area contributed by atoms with Crippen molar-refractivity contribution in [1.29, 1.82) is 0 Å². The number of nitro benzene ring substituents is 1. The number of halogens is 1. The fourth-order valence-corrected chi connectivity index (χ4v) is 2.53. The quantitative estimate of drug-likeness (QED) is 0.633. The van der Waals surface area contributed by atoms with Crippen LogP contribution in [0.1, 0.15) is 19.3 Å². The number of hydrogen-bond donors (Lipinski definition) is 1. The van der Waals surface area contributed by atoms with Gasteiger partial charge in [0.15, 0.2) is 5.75 Å². The molecule has 7 nitrogen and oxygen atoms in total. The fourth-order valence-electron chi connectivity index (χ4n) is 2.53. The first-order valence-electron chi connectivity index (χ1n) is 6.99. The Morgan fingerprint density at radius 1 is 1.45 bits per heavy atom. The van der Waals surface area contributed by atoms with Gasteiger partial charge < -0.3 is 15.4 Å². The fraction of sp³-hybridized carbons (Fsp3) is 0.500. The summed E-state index contributed by atoms with van der Waals surface area (Å²) in [7, 11) is 0. The zero-order chi connectivity index (χ0) is 15.2. The van der Waals surface area contributed by atoms with Crippen LogP contribution in [-0.4, -0.2) is 41.5 Å². The minimum Gasteiger partial charge on any atom is -0.486 e. The van der Waals surface area contributed by atoms with Gasteiger partial charge in [-0.25, -0.2) is 0 Å². The van der Waals surface area contributed by atoms with Gasteiger partial charge in [-0.1, -0.05) is 12.1 Å². The van der Waals surface area contributed by atoms with Gasteiger partial charge in [0, 0.05) is 25.2 Å². The third-order valence-electron chi connectivity index (χ3n) is 3.61. The first-order chi connectivity index (χ1) is 10.1. The van der Waals surface area contributed by atoms with Crippen molar-refractivity contribution in [3.05, 3.63) is 34.4 Å². The van der Waals surface area contributed by atoms with Gasteiger partial charge in [-0.2, -0.15) is 0 Å². The summed E-state index contributed by atoms with van der Waals surface area (Å²) in [5, 5.41) is 10.8. The SMILES string of the molecule is Cl.NCC1CCCN1C(=O)CCOc1ccccc1[N+](=O)[O-]. The van der Waals surface area contributed by atoms with Gasteiger partial charge in [0.25, 0.3) is 0 Å². The minimum atomic E-state index is -0.498. The predicted molar refractivity (Wildman–Crippen MR) is 84.2 cm³/mol. The van der Waals surface area contributed by atoms with Crippen LogP contribution in [0.5, 0.6) is 5.75 Å². The maximum Gasteiger partial charge on any atom is 0.310 e. The summed E-state index contributed by atoms with van der Waals surface area (Å²) in [6.45, 7) is 1.32. The van der Waals surface area contributed by atoms with Gasteiger partial charge in [0.05, 0.1) is 18.0 Å². The molecule has 1 amide bonds. The van der Waals surface area contributed by atoms with E-state index >= 15 is 0 Å². The molecule has 0 aliphatic carbocycles. The van der Waals surface area contributed by atoms with Crippen LogP contribution in [0.15, 0.2) is 24.3 Å². The van der Waals surface area contributed by atoms with E-state index in [0.717, 1.165) is 19.4 Å². The number of nitro groups is 1. The summed E-state index contributed by atoms with van der Waals surface area (Å²) in [5.41, 5.74) is 5.54. The highest BCUT2D eigenvalue weighted by Crippen LogP contribution is 2.26. The molecule has 0 bridgehead atoms. The molecule has 2 N–H and O–H groups in total. The average Bonchev–Trinajstić information content (AvgIpc) is 2.96. The van der Waals surface area contributed by atoms with E-state index in [4.69, 9.17) is 10.5 Å². The summed E-state index contributed by atoms with van der Waals surface area (Å²) < 4.78 is 5.38. The highest BCUT2D eigenvalue weighted by Gasteiger charge is 2.27. The first kappa shape index (κ1) is 18.2. The molecule has 0 radical (unpaired) electrons. The Kier molecular flexibility index (Phi) is 7.07. The highest BCUT2D eigenvalue weighted by atomic mass is 35.5. The van der Waals surface area contributed by atoms with Crippen molar-refractivity contribution in [1.82, 2.24) is 4.90 Å². The molecule has 122 valence electrons. The lowest BCUT2D eigenvalue weighted by Crippen LogP contribution is -2.40. The number of nitrogens with zero attached hydrogens (tertiary/aromatic N) is 2. The Morgan fingerprint density at radius 3 is 2.86 bits per heavy atom. The van der Waals surface area contributed by atoms with Crippen LogP contribution >= 0.6 is 12.4 Å². The summed E-state index contributed by atoms with van der Waals surface area (Å²) in [4.78, 5) is 24.2. The maximum absolute atomic E-state index is 12.1. The molecule has 1 aliphatic rings. The van der Waals surface area contributed by atoms with E-state index in [1.807, 2.05) is 0 Å². The molecule has 1 aliphatic heterocycles. The van der Waals surface area contributed by atoms with E-state index in [9.17, 15) is 14.9 Å². The molecule has 1 heterocycles. The number of ether oxygens (including phenoxy) is 1. The van der Waals surface area contributed by atoms with Crippen molar-refractivity contribution < 1.29 is 14.5 Å². The van der Waals surface area contributed by atoms with E-state index in [2.05, 4.69) is 0 Å². The molecule has 22 heavy (non-hydrogen) atoms. The Hall–Kier alpha value is -1.86. The van der Waals surface area contributed by atoms with E-state index in [-0.39, 0.29) is 48.8 Å². The van der Waals surface area contributed by atoms with Crippen molar-refractivity contribution in [2.24, 2.45) is 5.73 Å². The number of carbonyl (C=O) groups excluding carboxylic acids is 1. The number of likely N-dealkylation sites (tertiary alicyclic amines) is 1. The molecule has 1 fully saturated rings. The molecular weight excluding hydrogens is 310 g/mol. The smallest absolute Gasteiger partial charge is 0.310 e. The number of amides is 1. The summed E-state index contributed by atoms with van der Waals surface area (Å²) in [6.07, 6.45) is 2.11. The zero-order valence-electron chi connectivity index (χ0n) is 12.1. The molecule has 8 heteroatoms. The third kappa shape index (κ3) is 4.32. The number of hydrogen-bond acceptors (Lipinski definition) is 5. The minimum absolute atomic E-state index is 0. The van der Waals surface area contributed by atoms with Gasteiger partial charge in [-0.15, -0.1) is 12.4 Å². The normalized spacial score (nSPS) is 17.0. The first-order valence-corrected chi connectivity index (χ1v) is 6.99. The molecular formula is C14H20ClN3O4. The molecule has 1 atom stereocenters. The molecule has 0 spiro atoms. The topological polar surface area (TPSA) is 98.7 Å². The van der Waals surface area contributed by atoms with E-state index < -0.39 is 4.92 Å². The lowest BCUT2D eigenvalue weighted by molar-refractivity contribution is -0.385. The van der Waals surface area contributed by atoms with Crippen LogP contribution in [-0.2, 0) is 4.79 Å². The molecule has 0 saturated carbocycles. The Balaban J connectivity index is 0.00000242.